The summed E-state index contributed by atoms with van der Waals surface area (Å²) in [7, 11) is 0. The SMILES string of the molecule is CC.Cc1cccc(C)c1N1C=CN(c2c(C)cccc2C)C1C. The highest BCUT2D eigenvalue weighted by Gasteiger charge is 2.27. The lowest BCUT2D eigenvalue weighted by atomic mass is 10.1. The molecule has 0 aromatic heterocycles. The smallest absolute Gasteiger partial charge is 0.107 e. The molecule has 2 nitrogen and oxygen atoms in total. The summed E-state index contributed by atoms with van der Waals surface area (Å²) in [6.07, 6.45) is 4.68. The van der Waals surface area contributed by atoms with E-state index in [1.807, 2.05) is 13.8 Å². The van der Waals surface area contributed by atoms with E-state index in [9.17, 15) is 0 Å². The van der Waals surface area contributed by atoms with Crippen molar-refractivity contribution in [3.05, 3.63) is 71.1 Å². The lowest BCUT2D eigenvalue weighted by molar-refractivity contribution is 0.743. The van der Waals surface area contributed by atoms with Crippen LogP contribution in [0.15, 0.2) is 48.8 Å². The van der Waals surface area contributed by atoms with Crippen molar-refractivity contribution in [2.45, 2.75) is 54.6 Å². The molecule has 24 heavy (non-hydrogen) atoms. The zero-order valence-electron chi connectivity index (χ0n) is 16.1. The number of hydrogen-bond acceptors (Lipinski definition) is 2. The maximum absolute atomic E-state index is 2.37. The monoisotopic (exact) mass is 322 g/mol. The van der Waals surface area contributed by atoms with Gasteiger partial charge in [0.05, 0.1) is 0 Å². The summed E-state index contributed by atoms with van der Waals surface area (Å²) in [5, 5.41) is 0. The first-order valence-electron chi connectivity index (χ1n) is 8.88. The van der Waals surface area contributed by atoms with E-state index >= 15 is 0 Å². The maximum Gasteiger partial charge on any atom is 0.107 e. The summed E-state index contributed by atoms with van der Waals surface area (Å²) in [4.78, 5) is 4.74. The van der Waals surface area contributed by atoms with Crippen molar-refractivity contribution >= 4 is 11.4 Å². The highest BCUT2D eigenvalue weighted by Crippen LogP contribution is 2.35. The van der Waals surface area contributed by atoms with E-state index in [0.29, 0.717) is 0 Å². The summed E-state index contributed by atoms with van der Waals surface area (Å²) in [5.74, 6) is 0. The molecule has 0 saturated carbocycles. The first kappa shape index (κ1) is 18.1. The summed E-state index contributed by atoms with van der Waals surface area (Å²) >= 11 is 0. The molecule has 128 valence electrons. The van der Waals surface area contributed by atoms with Gasteiger partial charge >= 0.3 is 0 Å². The number of rotatable bonds is 2. The first-order valence-corrected chi connectivity index (χ1v) is 8.88. The van der Waals surface area contributed by atoms with Gasteiger partial charge in [-0.15, -0.1) is 0 Å². The lowest BCUT2D eigenvalue weighted by Crippen LogP contribution is -2.37. The van der Waals surface area contributed by atoms with Crippen LogP contribution in [0, 0.1) is 27.7 Å². The van der Waals surface area contributed by atoms with Crippen LogP contribution in [0.4, 0.5) is 11.4 Å². The van der Waals surface area contributed by atoms with E-state index in [-0.39, 0.29) is 6.17 Å². The highest BCUT2D eigenvalue weighted by atomic mass is 15.4. The summed E-state index contributed by atoms with van der Waals surface area (Å²) in [6.45, 7) is 15.0. The Hall–Kier alpha value is -2.22. The molecule has 0 fully saturated rings. The molecule has 0 atom stereocenters. The van der Waals surface area contributed by atoms with Crippen LogP contribution in [0.2, 0.25) is 0 Å². The van der Waals surface area contributed by atoms with Crippen molar-refractivity contribution in [1.29, 1.82) is 0 Å². The summed E-state index contributed by atoms with van der Waals surface area (Å²) in [6, 6.07) is 13.0. The molecule has 2 heteroatoms. The van der Waals surface area contributed by atoms with Crippen LogP contribution in [0.1, 0.15) is 43.0 Å². The number of anilines is 2. The second-order valence-electron chi connectivity index (χ2n) is 6.23. The summed E-state index contributed by atoms with van der Waals surface area (Å²) in [5.41, 5.74) is 7.92. The van der Waals surface area contributed by atoms with Crippen molar-refractivity contribution in [3.8, 4) is 0 Å². The van der Waals surface area contributed by atoms with Gasteiger partial charge in [-0.25, -0.2) is 0 Å². The van der Waals surface area contributed by atoms with Gasteiger partial charge in [-0.2, -0.15) is 0 Å². The fourth-order valence-electron chi connectivity index (χ4n) is 3.48. The minimum Gasteiger partial charge on any atom is -0.325 e. The van der Waals surface area contributed by atoms with Gasteiger partial charge in [-0.3, -0.25) is 0 Å². The standard InChI is InChI=1S/C20H24N2.C2H6/c1-14-8-6-9-15(2)19(14)21-12-13-22(18(21)5)20-16(3)10-7-11-17(20)4;1-2/h6-13,18H,1-5H3;1-2H3. The Balaban J connectivity index is 0.00000100. The summed E-state index contributed by atoms with van der Waals surface area (Å²) < 4.78 is 0. The van der Waals surface area contributed by atoms with Crippen LogP contribution in [0.25, 0.3) is 0 Å². The Bertz CT molecular complexity index is 629. The molecule has 1 aliphatic rings. The Morgan fingerprint density at radius 1 is 0.625 bits per heavy atom. The molecule has 1 aliphatic heterocycles. The molecule has 0 amide bonds. The third-order valence-electron chi connectivity index (χ3n) is 4.59. The quantitative estimate of drug-likeness (QED) is 0.660. The molecule has 0 spiro atoms. The largest absolute Gasteiger partial charge is 0.325 e. The van der Waals surface area contributed by atoms with Gasteiger partial charge in [0.15, 0.2) is 0 Å². The molecule has 0 saturated heterocycles. The lowest BCUT2D eigenvalue weighted by Gasteiger charge is -2.33. The number of nitrogens with zero attached hydrogens (tertiary/aromatic N) is 2. The van der Waals surface area contributed by atoms with Crippen LogP contribution < -0.4 is 9.80 Å². The highest BCUT2D eigenvalue weighted by molar-refractivity contribution is 5.69. The predicted octanol–water partition coefficient (Wildman–Crippen LogP) is 6.09. The fraction of sp³-hybridized carbons (Fsp3) is 0.364. The maximum atomic E-state index is 2.37. The van der Waals surface area contributed by atoms with E-state index in [2.05, 4.69) is 93.2 Å². The molecule has 0 bridgehead atoms. The van der Waals surface area contributed by atoms with Gasteiger partial charge in [-0.1, -0.05) is 50.2 Å². The van der Waals surface area contributed by atoms with E-state index in [1.165, 1.54) is 33.6 Å². The van der Waals surface area contributed by atoms with E-state index in [4.69, 9.17) is 0 Å². The van der Waals surface area contributed by atoms with Crippen LogP contribution in [0.3, 0.4) is 0 Å². The molecule has 2 aromatic carbocycles. The second kappa shape index (κ2) is 7.57. The zero-order valence-corrected chi connectivity index (χ0v) is 16.1. The number of hydrogen-bond donors (Lipinski definition) is 0. The van der Waals surface area contributed by atoms with E-state index in [0.717, 1.165) is 0 Å². The minimum absolute atomic E-state index is 0.277. The third kappa shape index (κ3) is 3.19. The van der Waals surface area contributed by atoms with Gasteiger partial charge in [0, 0.05) is 23.8 Å². The van der Waals surface area contributed by atoms with Crippen LogP contribution in [0.5, 0.6) is 0 Å². The number of benzene rings is 2. The molecule has 0 aliphatic carbocycles. The van der Waals surface area contributed by atoms with Gasteiger partial charge < -0.3 is 9.80 Å². The average Bonchev–Trinajstić information content (AvgIpc) is 2.91. The molecular weight excluding hydrogens is 292 g/mol. The van der Waals surface area contributed by atoms with Crippen molar-refractivity contribution in [3.63, 3.8) is 0 Å². The molecule has 2 aromatic rings. The minimum atomic E-state index is 0.277. The van der Waals surface area contributed by atoms with Crippen molar-refractivity contribution in [2.75, 3.05) is 9.80 Å². The predicted molar refractivity (Wildman–Crippen MR) is 107 cm³/mol. The Labute approximate surface area is 147 Å². The van der Waals surface area contributed by atoms with Crippen LogP contribution in [-0.2, 0) is 0 Å². The Kier molecular flexibility index (Phi) is 5.71. The molecule has 0 radical (unpaired) electrons. The van der Waals surface area contributed by atoms with E-state index < -0.39 is 0 Å². The van der Waals surface area contributed by atoms with Crippen LogP contribution in [-0.4, -0.2) is 6.17 Å². The molecule has 0 N–H and O–H groups in total. The van der Waals surface area contributed by atoms with Gasteiger partial charge in [-0.05, 0) is 56.9 Å². The van der Waals surface area contributed by atoms with Gasteiger partial charge in [0.2, 0.25) is 0 Å². The van der Waals surface area contributed by atoms with Gasteiger partial charge in [0.25, 0.3) is 0 Å². The van der Waals surface area contributed by atoms with Crippen molar-refractivity contribution in [2.24, 2.45) is 0 Å². The zero-order chi connectivity index (χ0) is 17.9. The molecular formula is C22H30N2. The van der Waals surface area contributed by atoms with Crippen molar-refractivity contribution in [1.82, 2.24) is 0 Å². The van der Waals surface area contributed by atoms with E-state index in [1.54, 1.807) is 0 Å². The van der Waals surface area contributed by atoms with Gasteiger partial charge in [0.1, 0.15) is 6.17 Å². The molecule has 0 unspecified atom stereocenters. The average molecular weight is 322 g/mol. The van der Waals surface area contributed by atoms with Crippen molar-refractivity contribution < 1.29 is 0 Å². The van der Waals surface area contributed by atoms with Crippen LogP contribution >= 0.6 is 0 Å². The molecule has 1 heterocycles. The molecule has 3 rings (SSSR count). The number of aryl methyl sites for hydroxylation is 4. The second-order valence-corrected chi connectivity index (χ2v) is 6.23. The fourth-order valence-corrected chi connectivity index (χ4v) is 3.48. The first-order chi connectivity index (χ1) is 11.5. The third-order valence-corrected chi connectivity index (χ3v) is 4.59. The topological polar surface area (TPSA) is 6.48 Å². The normalized spacial score (nSPS) is 14.0. The Morgan fingerprint density at radius 3 is 1.21 bits per heavy atom. The Morgan fingerprint density at radius 2 is 0.917 bits per heavy atom. The number of para-hydroxylation sites is 2.